The Labute approximate surface area is 173 Å². The molecule has 2 aliphatic rings. The van der Waals surface area contributed by atoms with Crippen LogP contribution in [0.4, 0.5) is 5.69 Å². The molecular formula is C24H19N3O3. The van der Waals surface area contributed by atoms with Gasteiger partial charge in [-0.1, -0.05) is 36.4 Å². The predicted octanol–water partition coefficient (Wildman–Crippen LogP) is 3.79. The molecular weight excluding hydrogens is 378 g/mol. The number of fused-ring (bicyclic) bond motifs is 2. The number of ether oxygens (including phenoxy) is 1. The number of hydrogen-bond donors (Lipinski definition) is 1. The first-order valence-corrected chi connectivity index (χ1v) is 9.66. The molecule has 2 heterocycles. The minimum atomic E-state index is -1.21. The summed E-state index contributed by atoms with van der Waals surface area (Å²) in [5, 5.41) is 8.95. The van der Waals surface area contributed by atoms with Gasteiger partial charge in [-0.2, -0.15) is 5.10 Å². The second-order valence-electron chi connectivity index (χ2n) is 7.29. The smallest absolute Gasteiger partial charge is 0.275 e. The summed E-state index contributed by atoms with van der Waals surface area (Å²) in [6.07, 6.45) is 0.292. The molecule has 0 bridgehead atoms. The fourth-order valence-electron chi connectivity index (χ4n) is 4.11. The van der Waals surface area contributed by atoms with Crippen molar-refractivity contribution in [3.63, 3.8) is 0 Å². The van der Waals surface area contributed by atoms with Gasteiger partial charge in [0.25, 0.3) is 11.8 Å². The number of amides is 2. The number of nitrogens with one attached hydrogen (secondary N) is 1. The van der Waals surface area contributed by atoms with E-state index in [9.17, 15) is 9.59 Å². The van der Waals surface area contributed by atoms with E-state index >= 15 is 0 Å². The maximum Gasteiger partial charge on any atom is 0.275 e. The van der Waals surface area contributed by atoms with Crippen molar-refractivity contribution in [1.82, 2.24) is 5.01 Å². The Hall–Kier alpha value is -3.93. The summed E-state index contributed by atoms with van der Waals surface area (Å²) in [6, 6.07) is 23.8. The van der Waals surface area contributed by atoms with Crippen LogP contribution in [0.25, 0.3) is 0 Å². The first kappa shape index (κ1) is 18.1. The summed E-state index contributed by atoms with van der Waals surface area (Å²) in [7, 11) is 1.61. The summed E-state index contributed by atoms with van der Waals surface area (Å²) in [4.78, 5) is 26.7. The normalized spacial score (nSPS) is 19.4. The number of carbonyl (C=O) groups is 2. The molecule has 6 heteroatoms. The molecule has 1 spiro atoms. The van der Waals surface area contributed by atoms with Crippen LogP contribution in [-0.2, 0) is 10.3 Å². The number of methoxy groups -OCH3 is 1. The molecule has 0 aromatic heterocycles. The number of hydrazone groups is 1. The van der Waals surface area contributed by atoms with Gasteiger partial charge in [0.1, 0.15) is 5.75 Å². The standard InChI is InChI=1S/C24H19N3O3/c1-30-18-13-11-16(12-14-18)21-15-24(19-9-5-6-10-20(19)25-23(24)29)27(26-21)22(28)17-7-3-2-4-8-17/h2-14H,15H2,1H3,(H,25,29)/t24-/m0/s1. The van der Waals surface area contributed by atoms with Gasteiger partial charge in [0.2, 0.25) is 0 Å². The van der Waals surface area contributed by atoms with Crippen LogP contribution in [0.2, 0.25) is 0 Å². The molecule has 1 atom stereocenters. The Morgan fingerprint density at radius 1 is 1.00 bits per heavy atom. The minimum Gasteiger partial charge on any atom is -0.497 e. The highest BCUT2D eigenvalue weighted by molar-refractivity contribution is 6.16. The lowest BCUT2D eigenvalue weighted by Gasteiger charge is -2.30. The van der Waals surface area contributed by atoms with Crippen LogP contribution in [0.1, 0.15) is 27.9 Å². The molecule has 0 radical (unpaired) electrons. The van der Waals surface area contributed by atoms with Gasteiger partial charge in [-0.3, -0.25) is 9.59 Å². The molecule has 5 rings (SSSR count). The summed E-state index contributed by atoms with van der Waals surface area (Å²) >= 11 is 0. The van der Waals surface area contributed by atoms with Gasteiger partial charge in [0.05, 0.1) is 12.8 Å². The highest BCUT2D eigenvalue weighted by atomic mass is 16.5. The third kappa shape index (κ3) is 2.61. The van der Waals surface area contributed by atoms with E-state index in [2.05, 4.69) is 10.4 Å². The molecule has 2 amide bonds. The Morgan fingerprint density at radius 3 is 2.43 bits per heavy atom. The van der Waals surface area contributed by atoms with Crippen molar-refractivity contribution < 1.29 is 14.3 Å². The first-order chi connectivity index (χ1) is 14.6. The maximum absolute atomic E-state index is 13.5. The lowest BCUT2D eigenvalue weighted by atomic mass is 9.84. The Bertz CT molecular complexity index is 1170. The van der Waals surface area contributed by atoms with Gasteiger partial charge in [-0.15, -0.1) is 0 Å². The van der Waals surface area contributed by atoms with Crippen molar-refractivity contribution >= 4 is 23.2 Å². The fraction of sp³-hybridized carbons (Fsp3) is 0.125. The van der Waals surface area contributed by atoms with E-state index in [0.29, 0.717) is 23.4 Å². The van der Waals surface area contributed by atoms with Crippen LogP contribution in [0.15, 0.2) is 84.0 Å². The average molecular weight is 397 g/mol. The first-order valence-electron chi connectivity index (χ1n) is 9.66. The van der Waals surface area contributed by atoms with Crippen LogP contribution < -0.4 is 10.1 Å². The summed E-state index contributed by atoms with van der Waals surface area (Å²) in [5.74, 6) is 0.166. The molecule has 3 aromatic carbocycles. The predicted molar refractivity (Wildman–Crippen MR) is 114 cm³/mol. The third-order valence-electron chi connectivity index (χ3n) is 5.64. The van der Waals surface area contributed by atoms with E-state index in [0.717, 1.165) is 16.9 Å². The van der Waals surface area contributed by atoms with Crippen molar-refractivity contribution in [2.75, 3.05) is 12.4 Å². The van der Waals surface area contributed by atoms with Gasteiger partial charge in [0, 0.05) is 23.2 Å². The quantitative estimate of drug-likeness (QED) is 0.731. The maximum atomic E-state index is 13.5. The molecule has 148 valence electrons. The van der Waals surface area contributed by atoms with Crippen molar-refractivity contribution in [1.29, 1.82) is 0 Å². The van der Waals surface area contributed by atoms with Crippen LogP contribution in [0, 0.1) is 0 Å². The van der Waals surface area contributed by atoms with E-state index in [1.54, 1.807) is 31.4 Å². The zero-order valence-corrected chi connectivity index (χ0v) is 16.3. The second kappa shape index (κ2) is 6.84. The molecule has 30 heavy (non-hydrogen) atoms. The fourth-order valence-corrected chi connectivity index (χ4v) is 4.11. The number of nitrogens with zero attached hydrogens (tertiary/aromatic N) is 2. The van der Waals surface area contributed by atoms with Crippen LogP contribution in [-0.4, -0.2) is 29.6 Å². The monoisotopic (exact) mass is 397 g/mol. The van der Waals surface area contributed by atoms with Crippen LogP contribution >= 0.6 is 0 Å². The van der Waals surface area contributed by atoms with Gasteiger partial charge in [0.15, 0.2) is 5.54 Å². The Balaban J connectivity index is 1.65. The van der Waals surface area contributed by atoms with Crippen molar-refractivity contribution in [2.45, 2.75) is 12.0 Å². The Kier molecular flexibility index (Phi) is 4.13. The number of carbonyl (C=O) groups excluding carboxylic acids is 2. The number of benzene rings is 3. The number of para-hydroxylation sites is 1. The highest BCUT2D eigenvalue weighted by Gasteiger charge is 2.57. The topological polar surface area (TPSA) is 71.0 Å². The second-order valence-corrected chi connectivity index (χ2v) is 7.29. The van der Waals surface area contributed by atoms with Crippen molar-refractivity contribution in [2.24, 2.45) is 5.10 Å². The van der Waals surface area contributed by atoms with Gasteiger partial charge >= 0.3 is 0 Å². The van der Waals surface area contributed by atoms with Gasteiger partial charge in [-0.05, 0) is 48.0 Å². The molecule has 0 aliphatic carbocycles. The summed E-state index contributed by atoms with van der Waals surface area (Å²) < 4.78 is 5.24. The minimum absolute atomic E-state index is 0.250. The van der Waals surface area contributed by atoms with Crippen molar-refractivity contribution in [3.05, 3.63) is 95.6 Å². The molecule has 2 aliphatic heterocycles. The van der Waals surface area contributed by atoms with Crippen LogP contribution in [0.3, 0.4) is 0 Å². The Morgan fingerprint density at radius 2 is 1.70 bits per heavy atom. The zero-order valence-electron chi connectivity index (χ0n) is 16.3. The van der Waals surface area contributed by atoms with E-state index in [-0.39, 0.29) is 11.8 Å². The molecule has 0 saturated heterocycles. The number of hydrogen-bond acceptors (Lipinski definition) is 4. The zero-order chi connectivity index (χ0) is 20.7. The average Bonchev–Trinajstić information content (AvgIpc) is 3.33. The highest BCUT2D eigenvalue weighted by Crippen LogP contribution is 2.47. The van der Waals surface area contributed by atoms with E-state index in [4.69, 9.17) is 4.74 Å². The summed E-state index contributed by atoms with van der Waals surface area (Å²) in [6.45, 7) is 0. The largest absolute Gasteiger partial charge is 0.497 e. The van der Waals surface area contributed by atoms with E-state index in [1.807, 2.05) is 54.6 Å². The third-order valence-corrected chi connectivity index (χ3v) is 5.64. The molecule has 6 nitrogen and oxygen atoms in total. The number of rotatable bonds is 3. The molecule has 0 saturated carbocycles. The molecule has 0 fully saturated rings. The van der Waals surface area contributed by atoms with E-state index < -0.39 is 5.54 Å². The molecule has 0 unspecified atom stereocenters. The molecule has 1 N–H and O–H groups in total. The van der Waals surface area contributed by atoms with Gasteiger partial charge < -0.3 is 10.1 Å². The van der Waals surface area contributed by atoms with Crippen molar-refractivity contribution in [3.8, 4) is 5.75 Å². The SMILES string of the molecule is COc1ccc(C2=NN(C(=O)c3ccccc3)[C@]3(C2)C(=O)Nc2ccccc23)cc1. The lowest BCUT2D eigenvalue weighted by molar-refractivity contribution is -0.125. The summed E-state index contributed by atoms with van der Waals surface area (Å²) in [5.41, 5.74) is 2.25. The number of anilines is 1. The van der Waals surface area contributed by atoms with Gasteiger partial charge in [-0.25, -0.2) is 5.01 Å². The van der Waals surface area contributed by atoms with Crippen LogP contribution in [0.5, 0.6) is 5.75 Å². The lowest BCUT2D eigenvalue weighted by Crippen LogP contribution is -2.48. The van der Waals surface area contributed by atoms with E-state index in [1.165, 1.54) is 5.01 Å². The molecule has 3 aromatic rings.